The molecule has 0 N–H and O–H groups in total. The average Bonchev–Trinajstić information content (AvgIpc) is 2.46. The molecule has 0 amide bonds. The summed E-state index contributed by atoms with van der Waals surface area (Å²) < 4.78 is 5.86. The molecular weight excluding hydrogens is 244 g/mol. The lowest BCUT2D eigenvalue weighted by Crippen LogP contribution is -2.10. The molecule has 0 saturated carbocycles. The summed E-state index contributed by atoms with van der Waals surface area (Å²) in [5.41, 5.74) is 2.30. The van der Waals surface area contributed by atoms with Gasteiger partial charge in [-0.2, -0.15) is 0 Å². The predicted molar refractivity (Wildman–Crippen MR) is 77.3 cm³/mol. The van der Waals surface area contributed by atoms with Crippen LogP contribution in [0.15, 0.2) is 54.6 Å². The van der Waals surface area contributed by atoms with E-state index in [1.54, 1.807) is 0 Å². The van der Waals surface area contributed by atoms with Gasteiger partial charge >= 0.3 is 0 Å². The Hall–Kier alpha value is -1.47. The van der Waals surface area contributed by atoms with Gasteiger partial charge in [0.15, 0.2) is 0 Å². The maximum Gasteiger partial charge on any atom is 0.127 e. The van der Waals surface area contributed by atoms with Gasteiger partial charge in [-0.15, -0.1) is 11.6 Å². The van der Waals surface area contributed by atoms with Crippen LogP contribution in [0.3, 0.4) is 0 Å². The maximum atomic E-state index is 5.86. The summed E-state index contributed by atoms with van der Waals surface area (Å²) in [5, 5.41) is 0. The van der Waals surface area contributed by atoms with E-state index in [1.807, 2.05) is 36.4 Å². The fraction of sp³-hybridized carbons (Fsp3) is 0.250. The minimum Gasteiger partial charge on any atom is -0.493 e. The van der Waals surface area contributed by atoms with Crippen molar-refractivity contribution in [1.29, 1.82) is 0 Å². The first-order chi connectivity index (χ1) is 8.81. The zero-order valence-corrected chi connectivity index (χ0v) is 11.2. The SMILES string of the molecule is CC(CCl)COc1ccccc1-c1ccccc1. The summed E-state index contributed by atoms with van der Waals surface area (Å²) >= 11 is 5.80. The van der Waals surface area contributed by atoms with Crippen LogP contribution >= 0.6 is 11.6 Å². The number of hydrogen-bond acceptors (Lipinski definition) is 1. The summed E-state index contributed by atoms with van der Waals surface area (Å²) in [7, 11) is 0. The Labute approximate surface area is 113 Å². The largest absolute Gasteiger partial charge is 0.493 e. The molecule has 1 nitrogen and oxygen atoms in total. The Morgan fingerprint density at radius 3 is 2.39 bits per heavy atom. The van der Waals surface area contributed by atoms with Crippen LogP contribution in [0, 0.1) is 5.92 Å². The van der Waals surface area contributed by atoms with Crippen molar-refractivity contribution in [3.05, 3.63) is 54.6 Å². The average molecular weight is 261 g/mol. The Bertz CT molecular complexity index is 481. The second kappa shape index (κ2) is 6.46. The molecule has 2 aromatic rings. The highest BCUT2D eigenvalue weighted by Gasteiger charge is 2.07. The molecule has 0 spiro atoms. The van der Waals surface area contributed by atoms with Crippen molar-refractivity contribution in [1.82, 2.24) is 0 Å². The summed E-state index contributed by atoms with van der Waals surface area (Å²) in [5.74, 6) is 1.89. The molecule has 18 heavy (non-hydrogen) atoms. The van der Waals surface area contributed by atoms with Crippen LogP contribution < -0.4 is 4.74 Å². The van der Waals surface area contributed by atoms with Crippen molar-refractivity contribution in [3.8, 4) is 16.9 Å². The molecule has 0 bridgehead atoms. The number of hydrogen-bond donors (Lipinski definition) is 0. The van der Waals surface area contributed by atoms with Crippen LogP contribution in [0.5, 0.6) is 5.75 Å². The molecule has 0 heterocycles. The van der Waals surface area contributed by atoms with Crippen molar-refractivity contribution in [2.45, 2.75) is 6.92 Å². The van der Waals surface area contributed by atoms with Crippen LogP contribution in [0.25, 0.3) is 11.1 Å². The number of ether oxygens (including phenoxy) is 1. The lowest BCUT2D eigenvalue weighted by Gasteiger charge is -2.14. The fourth-order valence-corrected chi connectivity index (χ4v) is 1.81. The molecule has 2 rings (SSSR count). The van der Waals surface area contributed by atoms with Gasteiger partial charge in [-0.05, 0) is 11.6 Å². The fourth-order valence-electron chi connectivity index (χ4n) is 1.73. The Morgan fingerprint density at radius 2 is 1.67 bits per heavy atom. The molecule has 94 valence electrons. The van der Waals surface area contributed by atoms with E-state index in [0.29, 0.717) is 18.4 Å². The molecule has 0 radical (unpaired) electrons. The van der Waals surface area contributed by atoms with Gasteiger partial charge in [-0.3, -0.25) is 0 Å². The van der Waals surface area contributed by atoms with Crippen molar-refractivity contribution in [2.24, 2.45) is 5.92 Å². The van der Waals surface area contributed by atoms with Crippen LogP contribution in [0.2, 0.25) is 0 Å². The molecule has 0 aromatic heterocycles. The van der Waals surface area contributed by atoms with E-state index in [2.05, 4.69) is 25.1 Å². The van der Waals surface area contributed by atoms with E-state index in [0.717, 1.165) is 11.3 Å². The number of rotatable bonds is 5. The molecule has 2 heteroatoms. The van der Waals surface area contributed by atoms with Crippen molar-refractivity contribution in [3.63, 3.8) is 0 Å². The zero-order chi connectivity index (χ0) is 12.8. The van der Waals surface area contributed by atoms with Gasteiger partial charge in [0.05, 0.1) is 6.61 Å². The Kier molecular flexibility index (Phi) is 4.66. The maximum absolute atomic E-state index is 5.86. The summed E-state index contributed by atoms with van der Waals surface area (Å²) in [4.78, 5) is 0. The third kappa shape index (κ3) is 3.27. The number of para-hydroxylation sites is 1. The van der Waals surface area contributed by atoms with Gasteiger partial charge in [0.2, 0.25) is 0 Å². The Morgan fingerprint density at radius 1 is 1.00 bits per heavy atom. The molecule has 0 aliphatic rings. The second-order valence-electron chi connectivity index (χ2n) is 4.43. The lowest BCUT2D eigenvalue weighted by molar-refractivity contribution is 0.274. The lowest BCUT2D eigenvalue weighted by atomic mass is 10.0. The van der Waals surface area contributed by atoms with E-state index < -0.39 is 0 Å². The number of benzene rings is 2. The molecular formula is C16H17ClO. The number of alkyl halides is 1. The first kappa shape index (κ1) is 13.0. The third-order valence-electron chi connectivity index (χ3n) is 2.76. The van der Waals surface area contributed by atoms with E-state index >= 15 is 0 Å². The van der Waals surface area contributed by atoms with Crippen molar-refractivity contribution >= 4 is 11.6 Å². The number of halogens is 1. The molecule has 0 aliphatic carbocycles. The van der Waals surface area contributed by atoms with Gasteiger partial charge < -0.3 is 4.74 Å². The molecule has 1 unspecified atom stereocenters. The highest BCUT2D eigenvalue weighted by Crippen LogP contribution is 2.29. The van der Waals surface area contributed by atoms with Gasteiger partial charge in [-0.25, -0.2) is 0 Å². The monoisotopic (exact) mass is 260 g/mol. The second-order valence-corrected chi connectivity index (χ2v) is 4.74. The quantitative estimate of drug-likeness (QED) is 0.714. The molecule has 0 aliphatic heterocycles. The summed E-state index contributed by atoms with van der Waals surface area (Å²) in [6, 6.07) is 18.4. The van der Waals surface area contributed by atoms with E-state index in [1.165, 1.54) is 5.56 Å². The first-order valence-electron chi connectivity index (χ1n) is 6.14. The smallest absolute Gasteiger partial charge is 0.127 e. The van der Waals surface area contributed by atoms with Crippen LogP contribution in [0.1, 0.15) is 6.92 Å². The molecule has 2 aromatic carbocycles. The van der Waals surface area contributed by atoms with Crippen LogP contribution in [0.4, 0.5) is 0 Å². The van der Waals surface area contributed by atoms with E-state index in [-0.39, 0.29) is 0 Å². The molecule has 0 fully saturated rings. The van der Waals surface area contributed by atoms with Crippen LogP contribution in [-0.2, 0) is 0 Å². The highest BCUT2D eigenvalue weighted by molar-refractivity contribution is 6.18. The first-order valence-corrected chi connectivity index (χ1v) is 6.68. The zero-order valence-electron chi connectivity index (χ0n) is 10.5. The molecule has 1 atom stereocenters. The molecule has 0 saturated heterocycles. The van der Waals surface area contributed by atoms with E-state index in [9.17, 15) is 0 Å². The van der Waals surface area contributed by atoms with Crippen molar-refractivity contribution < 1.29 is 4.74 Å². The third-order valence-corrected chi connectivity index (χ3v) is 3.29. The standard InChI is InChI=1S/C16H17ClO/c1-13(11-17)12-18-16-10-6-5-9-15(16)14-7-3-2-4-8-14/h2-10,13H,11-12H2,1H3. The summed E-state index contributed by atoms with van der Waals surface area (Å²) in [6.45, 7) is 2.73. The van der Waals surface area contributed by atoms with Gasteiger partial charge in [0, 0.05) is 17.4 Å². The topological polar surface area (TPSA) is 9.23 Å². The summed E-state index contributed by atoms with van der Waals surface area (Å²) in [6.07, 6.45) is 0. The Balaban J connectivity index is 2.21. The van der Waals surface area contributed by atoms with Gasteiger partial charge in [0.25, 0.3) is 0 Å². The van der Waals surface area contributed by atoms with Crippen LogP contribution in [-0.4, -0.2) is 12.5 Å². The minimum atomic E-state index is 0.357. The normalized spacial score (nSPS) is 12.1. The van der Waals surface area contributed by atoms with Crippen molar-refractivity contribution in [2.75, 3.05) is 12.5 Å². The highest BCUT2D eigenvalue weighted by atomic mass is 35.5. The predicted octanol–water partition coefficient (Wildman–Crippen LogP) is 4.61. The van der Waals surface area contributed by atoms with Gasteiger partial charge in [-0.1, -0.05) is 55.5 Å². The van der Waals surface area contributed by atoms with E-state index in [4.69, 9.17) is 16.3 Å². The van der Waals surface area contributed by atoms with Gasteiger partial charge in [0.1, 0.15) is 5.75 Å². The minimum absolute atomic E-state index is 0.357.